The minimum Gasteiger partial charge on any atom is -0.493 e. The van der Waals surface area contributed by atoms with Crippen LogP contribution in [0, 0.1) is 0 Å². The molecule has 3 aromatic rings. The maximum atomic E-state index is 12.4. The first kappa shape index (κ1) is 20.2. The van der Waals surface area contributed by atoms with Crippen LogP contribution in [0.3, 0.4) is 0 Å². The highest BCUT2D eigenvalue weighted by molar-refractivity contribution is 7.20. The molecule has 0 radical (unpaired) electrons. The van der Waals surface area contributed by atoms with Crippen molar-refractivity contribution in [1.29, 1.82) is 0 Å². The third-order valence-corrected chi connectivity index (χ3v) is 5.23. The normalized spacial score (nSPS) is 10.7. The molecule has 3 rings (SSSR count). The largest absolute Gasteiger partial charge is 0.493 e. The van der Waals surface area contributed by atoms with Crippen molar-refractivity contribution in [2.45, 2.75) is 0 Å². The van der Waals surface area contributed by atoms with Gasteiger partial charge in [-0.25, -0.2) is 0 Å². The molecule has 2 amide bonds. The first-order chi connectivity index (χ1) is 14.0. The van der Waals surface area contributed by atoms with Gasteiger partial charge in [-0.15, -0.1) is 11.3 Å². The van der Waals surface area contributed by atoms with Gasteiger partial charge < -0.3 is 20.5 Å². The van der Waals surface area contributed by atoms with Crippen LogP contribution in [0.2, 0.25) is 0 Å². The van der Waals surface area contributed by atoms with E-state index in [2.05, 4.69) is 5.32 Å². The van der Waals surface area contributed by atoms with E-state index in [9.17, 15) is 9.59 Å². The lowest BCUT2D eigenvalue weighted by molar-refractivity contribution is -0.111. The van der Waals surface area contributed by atoms with E-state index < -0.39 is 5.91 Å². The van der Waals surface area contributed by atoms with Gasteiger partial charge in [-0.2, -0.15) is 0 Å². The van der Waals surface area contributed by atoms with E-state index in [1.54, 1.807) is 44.6 Å². The summed E-state index contributed by atoms with van der Waals surface area (Å²) in [5, 5.41) is 3.15. The summed E-state index contributed by atoms with van der Waals surface area (Å²) in [6.45, 7) is 0. The van der Waals surface area contributed by atoms with Crippen molar-refractivity contribution < 1.29 is 19.1 Å². The first-order valence-electron chi connectivity index (χ1n) is 8.72. The number of carbonyl (C=O) groups is 2. The van der Waals surface area contributed by atoms with Gasteiger partial charge in [-0.1, -0.05) is 36.4 Å². The lowest BCUT2D eigenvalue weighted by atomic mass is 10.1. The molecule has 0 spiro atoms. The monoisotopic (exact) mass is 408 g/mol. The number of ether oxygens (including phenoxy) is 2. The molecule has 0 saturated heterocycles. The van der Waals surface area contributed by atoms with Gasteiger partial charge in [0, 0.05) is 11.0 Å². The molecule has 0 fully saturated rings. The Hall–Kier alpha value is -3.58. The number of benzene rings is 2. The zero-order chi connectivity index (χ0) is 20.8. The van der Waals surface area contributed by atoms with Crippen molar-refractivity contribution in [2.75, 3.05) is 19.5 Å². The van der Waals surface area contributed by atoms with Gasteiger partial charge in [0.15, 0.2) is 11.5 Å². The zero-order valence-corrected chi connectivity index (χ0v) is 16.8. The number of hydrogen-bond donors (Lipinski definition) is 2. The lowest BCUT2D eigenvalue weighted by Crippen LogP contribution is -2.14. The average Bonchev–Trinajstić information content (AvgIpc) is 3.16. The standard InChI is InChI=1S/C22H20N2O4S/c1-27-17-10-8-14(12-18(17)28-2)9-11-20(25)24-22-16(21(23)26)13-19(29-22)15-6-4-3-5-7-15/h3-13H,1-2H3,(H2,23,26)(H,24,25). The van der Waals surface area contributed by atoms with Crippen LogP contribution in [0.1, 0.15) is 15.9 Å². The molecule has 0 aliphatic carbocycles. The summed E-state index contributed by atoms with van der Waals surface area (Å²) in [7, 11) is 3.10. The van der Waals surface area contributed by atoms with E-state index in [0.29, 0.717) is 16.5 Å². The number of nitrogens with two attached hydrogens (primary N) is 1. The Bertz CT molecular complexity index is 1060. The molecule has 1 aromatic heterocycles. The Morgan fingerprint density at radius 3 is 2.38 bits per heavy atom. The fourth-order valence-corrected chi connectivity index (χ4v) is 3.77. The van der Waals surface area contributed by atoms with Crippen LogP contribution in [0.15, 0.2) is 60.7 Å². The maximum Gasteiger partial charge on any atom is 0.251 e. The molecule has 0 aliphatic rings. The molecule has 6 nitrogen and oxygen atoms in total. The van der Waals surface area contributed by atoms with Crippen LogP contribution in [0.25, 0.3) is 16.5 Å². The molecule has 3 N–H and O–H groups in total. The summed E-state index contributed by atoms with van der Waals surface area (Å²) in [4.78, 5) is 25.0. The molecule has 2 aromatic carbocycles. The second-order valence-corrected chi connectivity index (χ2v) is 7.07. The predicted octanol–water partition coefficient (Wildman–Crippen LogP) is 4.18. The molecule has 0 aliphatic heterocycles. The summed E-state index contributed by atoms with van der Waals surface area (Å²) < 4.78 is 10.5. The van der Waals surface area contributed by atoms with E-state index >= 15 is 0 Å². The first-order valence-corrected chi connectivity index (χ1v) is 9.53. The summed E-state index contributed by atoms with van der Waals surface area (Å²) in [5.41, 5.74) is 7.47. The molecule has 0 bridgehead atoms. The molecule has 0 unspecified atom stereocenters. The summed E-state index contributed by atoms with van der Waals surface area (Å²) in [6, 6.07) is 16.6. The molecule has 29 heavy (non-hydrogen) atoms. The highest BCUT2D eigenvalue weighted by Gasteiger charge is 2.16. The fourth-order valence-electron chi connectivity index (χ4n) is 2.69. The number of hydrogen-bond acceptors (Lipinski definition) is 5. The van der Waals surface area contributed by atoms with Crippen LogP contribution in [-0.2, 0) is 4.79 Å². The van der Waals surface area contributed by atoms with Crippen molar-refractivity contribution in [3.05, 3.63) is 71.8 Å². The molecular weight excluding hydrogens is 388 g/mol. The van der Waals surface area contributed by atoms with Gasteiger partial charge in [-0.3, -0.25) is 9.59 Å². The zero-order valence-electron chi connectivity index (χ0n) is 16.0. The summed E-state index contributed by atoms with van der Waals surface area (Å²) >= 11 is 1.30. The number of thiophene rings is 1. The van der Waals surface area contributed by atoms with E-state index in [0.717, 1.165) is 16.0 Å². The number of carbonyl (C=O) groups excluding carboxylic acids is 2. The Labute approximate surface area is 172 Å². The topological polar surface area (TPSA) is 90.6 Å². The highest BCUT2D eigenvalue weighted by Crippen LogP contribution is 2.35. The van der Waals surface area contributed by atoms with E-state index in [1.807, 2.05) is 30.3 Å². The Balaban J connectivity index is 1.79. The van der Waals surface area contributed by atoms with Gasteiger partial charge >= 0.3 is 0 Å². The number of anilines is 1. The Morgan fingerprint density at radius 1 is 1.00 bits per heavy atom. The molecule has 0 atom stereocenters. The van der Waals surface area contributed by atoms with Crippen molar-refractivity contribution >= 4 is 34.2 Å². The van der Waals surface area contributed by atoms with Gasteiger partial charge in [0.2, 0.25) is 5.91 Å². The quantitative estimate of drug-likeness (QED) is 0.574. The van der Waals surface area contributed by atoms with Gasteiger partial charge in [0.05, 0.1) is 19.8 Å². The molecule has 0 saturated carbocycles. The maximum absolute atomic E-state index is 12.4. The minimum absolute atomic E-state index is 0.279. The van der Waals surface area contributed by atoms with Gasteiger partial charge in [-0.05, 0) is 35.4 Å². The predicted molar refractivity (Wildman–Crippen MR) is 115 cm³/mol. The SMILES string of the molecule is COc1ccc(C=CC(=O)Nc2sc(-c3ccccc3)cc2C(N)=O)cc1OC. The minimum atomic E-state index is -0.595. The third-order valence-electron chi connectivity index (χ3n) is 4.13. The second-order valence-electron chi connectivity index (χ2n) is 6.02. The van der Waals surface area contributed by atoms with Gasteiger partial charge in [0.25, 0.3) is 5.91 Å². The van der Waals surface area contributed by atoms with Crippen LogP contribution in [0.5, 0.6) is 11.5 Å². The number of nitrogens with one attached hydrogen (secondary N) is 1. The fraction of sp³-hybridized carbons (Fsp3) is 0.0909. The van der Waals surface area contributed by atoms with Gasteiger partial charge in [0.1, 0.15) is 5.00 Å². The Morgan fingerprint density at radius 2 is 1.72 bits per heavy atom. The molecule has 1 heterocycles. The number of primary amides is 1. The Kier molecular flexibility index (Phi) is 6.31. The molecule has 148 valence electrons. The van der Waals surface area contributed by atoms with Crippen molar-refractivity contribution in [2.24, 2.45) is 5.73 Å². The van der Waals surface area contributed by atoms with E-state index in [4.69, 9.17) is 15.2 Å². The van der Waals surface area contributed by atoms with Crippen LogP contribution in [0.4, 0.5) is 5.00 Å². The van der Waals surface area contributed by atoms with Crippen molar-refractivity contribution in [3.63, 3.8) is 0 Å². The number of rotatable bonds is 7. The van der Waals surface area contributed by atoms with Crippen LogP contribution >= 0.6 is 11.3 Å². The summed E-state index contributed by atoms with van der Waals surface area (Å²) in [5.74, 6) is 0.204. The van der Waals surface area contributed by atoms with Crippen molar-refractivity contribution in [3.8, 4) is 21.9 Å². The van der Waals surface area contributed by atoms with E-state index in [1.165, 1.54) is 17.4 Å². The van der Waals surface area contributed by atoms with Crippen molar-refractivity contribution in [1.82, 2.24) is 0 Å². The smallest absolute Gasteiger partial charge is 0.251 e. The highest BCUT2D eigenvalue weighted by atomic mass is 32.1. The second kappa shape index (κ2) is 9.07. The lowest BCUT2D eigenvalue weighted by Gasteiger charge is -2.07. The number of amides is 2. The van der Waals surface area contributed by atoms with Crippen LogP contribution < -0.4 is 20.5 Å². The number of methoxy groups -OCH3 is 2. The average molecular weight is 408 g/mol. The van der Waals surface area contributed by atoms with E-state index in [-0.39, 0.29) is 11.5 Å². The molecular formula is C22H20N2O4S. The summed E-state index contributed by atoms with van der Waals surface area (Å²) in [6.07, 6.45) is 3.03. The van der Waals surface area contributed by atoms with Crippen LogP contribution in [-0.4, -0.2) is 26.0 Å². The molecule has 7 heteroatoms. The third kappa shape index (κ3) is 4.83.